The number of hydrogen-bond acceptors (Lipinski definition) is 5. The van der Waals surface area contributed by atoms with Gasteiger partial charge in [0.1, 0.15) is 5.57 Å². The van der Waals surface area contributed by atoms with Crippen molar-refractivity contribution in [2.45, 2.75) is 26.7 Å². The van der Waals surface area contributed by atoms with Gasteiger partial charge in [0.05, 0.1) is 12.3 Å². The third-order valence-electron chi connectivity index (χ3n) is 4.87. The molecule has 2 N–H and O–H groups in total. The van der Waals surface area contributed by atoms with Crippen molar-refractivity contribution in [3.05, 3.63) is 71.3 Å². The van der Waals surface area contributed by atoms with Crippen LogP contribution < -0.4 is 15.0 Å². The third-order valence-corrected chi connectivity index (χ3v) is 5.15. The summed E-state index contributed by atoms with van der Waals surface area (Å²) in [5, 5.41) is 13.0. The molecule has 0 spiro atoms. The smallest absolute Gasteiger partial charge is 0.270 e. The van der Waals surface area contributed by atoms with Crippen LogP contribution in [0.3, 0.4) is 0 Å². The molecule has 3 rings (SSSR count). The van der Waals surface area contributed by atoms with Crippen molar-refractivity contribution in [3.8, 4) is 11.5 Å². The van der Waals surface area contributed by atoms with Crippen LogP contribution in [0.5, 0.6) is 11.5 Å². The Hall–Kier alpha value is -3.45. The largest absolute Gasteiger partial charge is 0.504 e. The lowest BCUT2D eigenvalue weighted by atomic mass is 10.0. The van der Waals surface area contributed by atoms with E-state index >= 15 is 0 Å². The van der Waals surface area contributed by atoms with E-state index in [4.69, 9.17) is 17.0 Å². The van der Waals surface area contributed by atoms with Crippen molar-refractivity contribution in [2.24, 2.45) is 0 Å². The first kappa shape index (κ1) is 22.2. The molecule has 0 radical (unpaired) electrons. The Labute approximate surface area is 186 Å². The molecular weight excluding hydrogens is 412 g/mol. The third kappa shape index (κ3) is 4.51. The molecule has 1 saturated heterocycles. The fraction of sp³-hybridized carbons (Fsp3) is 0.208. The number of anilines is 1. The maximum Gasteiger partial charge on any atom is 0.270 e. The minimum absolute atomic E-state index is 0.0167. The van der Waals surface area contributed by atoms with Gasteiger partial charge in [-0.05, 0) is 67.4 Å². The summed E-state index contributed by atoms with van der Waals surface area (Å²) in [4.78, 5) is 27.3. The summed E-state index contributed by atoms with van der Waals surface area (Å²) in [6, 6.07) is 10.7. The fourth-order valence-corrected chi connectivity index (χ4v) is 3.69. The molecule has 1 aliphatic heterocycles. The van der Waals surface area contributed by atoms with E-state index in [9.17, 15) is 14.7 Å². The van der Waals surface area contributed by atoms with Gasteiger partial charge in [0.2, 0.25) is 0 Å². The molecule has 2 aromatic rings. The van der Waals surface area contributed by atoms with Gasteiger partial charge < -0.3 is 9.84 Å². The Morgan fingerprint density at radius 1 is 1.19 bits per heavy atom. The molecule has 160 valence electrons. The predicted octanol–water partition coefficient (Wildman–Crippen LogP) is 3.91. The zero-order valence-electron chi connectivity index (χ0n) is 17.5. The lowest BCUT2D eigenvalue weighted by Crippen LogP contribution is -2.54. The second-order valence-corrected chi connectivity index (χ2v) is 7.28. The number of hydrogen-bond donors (Lipinski definition) is 2. The number of ether oxygens (including phenoxy) is 1. The van der Waals surface area contributed by atoms with E-state index < -0.39 is 11.8 Å². The highest BCUT2D eigenvalue weighted by molar-refractivity contribution is 7.80. The van der Waals surface area contributed by atoms with Crippen LogP contribution in [0.15, 0.2) is 54.6 Å². The summed E-state index contributed by atoms with van der Waals surface area (Å²) >= 11 is 5.30. The summed E-state index contributed by atoms with van der Waals surface area (Å²) in [6.45, 7) is 7.85. The molecule has 0 bridgehead atoms. The van der Waals surface area contributed by atoms with Crippen LogP contribution >= 0.6 is 12.2 Å². The van der Waals surface area contributed by atoms with Crippen LogP contribution in [0.25, 0.3) is 6.08 Å². The number of nitrogens with zero attached hydrogens (tertiary/aromatic N) is 1. The van der Waals surface area contributed by atoms with Crippen molar-refractivity contribution in [2.75, 3.05) is 11.5 Å². The van der Waals surface area contributed by atoms with Crippen molar-refractivity contribution in [3.63, 3.8) is 0 Å². The first-order chi connectivity index (χ1) is 14.9. The monoisotopic (exact) mass is 436 g/mol. The second-order valence-electron chi connectivity index (χ2n) is 6.89. The standard InChI is InChI=1S/C24H24N2O4S/c1-4-9-17-12-15(14-20(21(17)27)30-6-3)13-18-22(28)25-24(31)26(23(18)29)19-11-8-7-10-16(19)5-2/h4,7-8,10-14,27H,1,5-6,9H2,2-3H3,(H,25,28,31)/b18-13+. The number of allylic oxidation sites excluding steroid dienone is 1. The van der Waals surface area contributed by atoms with E-state index in [-0.39, 0.29) is 22.2 Å². The van der Waals surface area contributed by atoms with Crippen LogP contribution in [-0.2, 0) is 22.4 Å². The minimum atomic E-state index is -0.573. The van der Waals surface area contributed by atoms with Gasteiger partial charge in [0.15, 0.2) is 16.6 Å². The predicted molar refractivity (Wildman–Crippen MR) is 125 cm³/mol. The molecule has 0 atom stereocenters. The molecule has 6 nitrogen and oxygen atoms in total. The van der Waals surface area contributed by atoms with Gasteiger partial charge in [0.25, 0.3) is 11.8 Å². The van der Waals surface area contributed by atoms with Crippen LogP contribution in [0.2, 0.25) is 0 Å². The molecule has 0 saturated carbocycles. The van der Waals surface area contributed by atoms with E-state index in [2.05, 4.69) is 11.9 Å². The number of carbonyl (C=O) groups excluding carboxylic acids is 2. The van der Waals surface area contributed by atoms with E-state index in [1.54, 1.807) is 31.2 Å². The van der Waals surface area contributed by atoms with Gasteiger partial charge in [-0.15, -0.1) is 6.58 Å². The molecule has 0 aromatic heterocycles. The Balaban J connectivity index is 2.09. The zero-order chi connectivity index (χ0) is 22.5. The van der Waals surface area contributed by atoms with Gasteiger partial charge in [-0.3, -0.25) is 19.8 Å². The number of phenolic OH excluding ortho intramolecular Hbond substituents is 1. The maximum atomic E-state index is 13.3. The number of aryl methyl sites for hydroxylation is 1. The highest BCUT2D eigenvalue weighted by Crippen LogP contribution is 2.34. The van der Waals surface area contributed by atoms with Gasteiger partial charge >= 0.3 is 0 Å². The van der Waals surface area contributed by atoms with Crippen molar-refractivity contribution in [1.82, 2.24) is 5.32 Å². The fourth-order valence-electron chi connectivity index (χ4n) is 3.42. The number of benzene rings is 2. The number of amides is 2. The van der Waals surface area contributed by atoms with Crippen molar-refractivity contribution >= 4 is 40.9 Å². The number of aromatic hydroxyl groups is 1. The summed E-state index contributed by atoms with van der Waals surface area (Å²) in [5.41, 5.74) is 2.65. The summed E-state index contributed by atoms with van der Waals surface area (Å²) in [5.74, 6) is -0.786. The van der Waals surface area contributed by atoms with Crippen LogP contribution in [0.4, 0.5) is 5.69 Å². The molecule has 2 amide bonds. The lowest BCUT2D eigenvalue weighted by molar-refractivity contribution is -0.122. The van der Waals surface area contributed by atoms with Crippen LogP contribution in [0, 0.1) is 0 Å². The molecule has 1 aliphatic rings. The molecule has 7 heteroatoms. The van der Waals surface area contributed by atoms with E-state index in [1.165, 1.54) is 11.0 Å². The van der Waals surface area contributed by atoms with Crippen molar-refractivity contribution in [1.29, 1.82) is 0 Å². The van der Waals surface area contributed by atoms with Gasteiger partial charge in [-0.2, -0.15) is 0 Å². The lowest BCUT2D eigenvalue weighted by Gasteiger charge is -2.30. The van der Waals surface area contributed by atoms with Gasteiger partial charge in [-0.1, -0.05) is 31.2 Å². The molecule has 2 aromatic carbocycles. The Morgan fingerprint density at radius 3 is 2.61 bits per heavy atom. The first-order valence-corrected chi connectivity index (χ1v) is 10.4. The average molecular weight is 437 g/mol. The Kier molecular flexibility index (Phi) is 6.87. The number of carbonyl (C=O) groups is 2. The minimum Gasteiger partial charge on any atom is -0.504 e. The van der Waals surface area contributed by atoms with Crippen LogP contribution in [-0.4, -0.2) is 28.6 Å². The molecule has 0 aliphatic carbocycles. The number of rotatable bonds is 7. The summed E-state index contributed by atoms with van der Waals surface area (Å²) < 4.78 is 5.51. The quantitative estimate of drug-likeness (QED) is 0.298. The topological polar surface area (TPSA) is 78.9 Å². The average Bonchev–Trinajstić information content (AvgIpc) is 2.74. The zero-order valence-corrected chi connectivity index (χ0v) is 18.3. The summed E-state index contributed by atoms with van der Waals surface area (Å²) in [7, 11) is 0. The van der Waals surface area contributed by atoms with E-state index in [1.807, 2.05) is 25.1 Å². The molecule has 31 heavy (non-hydrogen) atoms. The first-order valence-electron chi connectivity index (χ1n) is 10.00. The number of phenols is 1. The highest BCUT2D eigenvalue weighted by Gasteiger charge is 2.35. The molecule has 1 fully saturated rings. The van der Waals surface area contributed by atoms with Gasteiger partial charge in [-0.25, -0.2) is 0 Å². The van der Waals surface area contributed by atoms with E-state index in [0.29, 0.717) is 36.3 Å². The Morgan fingerprint density at radius 2 is 1.94 bits per heavy atom. The maximum absolute atomic E-state index is 13.3. The highest BCUT2D eigenvalue weighted by atomic mass is 32.1. The van der Waals surface area contributed by atoms with Crippen molar-refractivity contribution < 1.29 is 19.4 Å². The molecule has 0 unspecified atom stereocenters. The number of para-hydroxylation sites is 1. The van der Waals surface area contributed by atoms with Crippen LogP contribution in [0.1, 0.15) is 30.5 Å². The normalized spacial score (nSPS) is 15.2. The second kappa shape index (κ2) is 9.57. The number of thiocarbonyl (C=S) groups is 1. The molecule has 1 heterocycles. The SMILES string of the molecule is C=CCc1cc(/C=C2\C(=O)NC(=S)N(c3ccccc3CC)C2=O)cc(OCC)c1O. The Bertz CT molecular complexity index is 1090. The number of nitrogens with one attached hydrogen (secondary N) is 1. The summed E-state index contributed by atoms with van der Waals surface area (Å²) in [6.07, 6.45) is 4.25. The van der Waals surface area contributed by atoms with Gasteiger partial charge in [0, 0.05) is 5.56 Å². The van der Waals surface area contributed by atoms with E-state index in [0.717, 1.165) is 5.56 Å². The molecular formula is C24H24N2O4S.